The van der Waals surface area contributed by atoms with E-state index in [9.17, 15) is 14.7 Å². The summed E-state index contributed by atoms with van der Waals surface area (Å²) in [4.78, 5) is 29.9. The van der Waals surface area contributed by atoms with Crippen molar-refractivity contribution < 1.29 is 9.84 Å². The summed E-state index contributed by atoms with van der Waals surface area (Å²) in [6.07, 6.45) is -2.22. The minimum atomic E-state index is -1.33. The fourth-order valence-electron chi connectivity index (χ4n) is 2.06. The molecule has 0 spiro atoms. The highest BCUT2D eigenvalue weighted by Crippen LogP contribution is 2.30. The van der Waals surface area contributed by atoms with Crippen molar-refractivity contribution in [3.63, 3.8) is 0 Å². The lowest BCUT2D eigenvalue weighted by molar-refractivity contribution is -0.0371. The van der Waals surface area contributed by atoms with Crippen molar-refractivity contribution in [3.05, 3.63) is 54.0 Å². The number of rotatable bonds is 4. The number of hydrogen-bond acceptors (Lipinski definition) is 6. The Labute approximate surface area is 115 Å². The van der Waals surface area contributed by atoms with Crippen molar-refractivity contribution in [3.8, 4) is 0 Å². The molecule has 0 unspecified atom stereocenters. The average molecular weight is 294 g/mol. The summed E-state index contributed by atoms with van der Waals surface area (Å²) in [5, 5.41) is 16.8. The molecule has 0 aromatic carbocycles. The number of aromatic amines is 1. The van der Waals surface area contributed by atoms with Gasteiger partial charge in [0.05, 0.1) is 18.7 Å². The Balaban J connectivity index is 2.37. The average Bonchev–Trinajstić information content (AvgIpc) is 2.75. The lowest BCUT2D eigenvalue weighted by Gasteiger charge is -2.16. The van der Waals surface area contributed by atoms with Crippen molar-refractivity contribution >= 4 is 0 Å². The molecule has 2 rings (SSSR count). The van der Waals surface area contributed by atoms with Gasteiger partial charge in [-0.05, 0) is 11.1 Å². The van der Waals surface area contributed by atoms with Gasteiger partial charge < -0.3 is 9.84 Å². The van der Waals surface area contributed by atoms with E-state index in [1.807, 2.05) is 4.98 Å². The molecule has 1 aliphatic rings. The molecule has 2 N–H and O–H groups in total. The zero-order valence-electron chi connectivity index (χ0n) is 10.5. The highest BCUT2D eigenvalue weighted by Gasteiger charge is 2.44. The Morgan fingerprint density at radius 1 is 1.43 bits per heavy atom. The third-order valence-electron chi connectivity index (χ3n) is 2.97. The van der Waals surface area contributed by atoms with Gasteiger partial charge in [-0.25, -0.2) is 4.79 Å². The molecule has 110 valence electrons. The summed E-state index contributed by atoms with van der Waals surface area (Å²) in [7, 11) is 0. The van der Waals surface area contributed by atoms with E-state index in [4.69, 9.17) is 15.8 Å². The number of nitrogens with one attached hydrogen (secondary N) is 1. The third kappa shape index (κ3) is 2.88. The summed E-state index contributed by atoms with van der Waals surface area (Å²) in [6.45, 7) is -0.175. The molecule has 0 bridgehead atoms. The van der Waals surface area contributed by atoms with Gasteiger partial charge in [0.2, 0.25) is 0 Å². The van der Waals surface area contributed by atoms with E-state index in [1.54, 1.807) is 0 Å². The van der Waals surface area contributed by atoms with Crippen LogP contribution in [-0.4, -0.2) is 39.5 Å². The highest BCUT2D eigenvalue weighted by molar-refractivity contribution is 4.97. The highest BCUT2D eigenvalue weighted by atomic mass is 16.5. The lowest BCUT2D eigenvalue weighted by Crippen LogP contribution is -2.37. The summed E-state index contributed by atoms with van der Waals surface area (Å²) >= 11 is 0. The van der Waals surface area contributed by atoms with Gasteiger partial charge in [0.25, 0.3) is 5.56 Å². The molecule has 2 heterocycles. The molecule has 12 nitrogen and oxygen atoms in total. The van der Waals surface area contributed by atoms with E-state index in [0.29, 0.717) is 0 Å². The van der Waals surface area contributed by atoms with E-state index >= 15 is 0 Å². The van der Waals surface area contributed by atoms with Crippen LogP contribution >= 0.6 is 0 Å². The predicted molar refractivity (Wildman–Crippen MR) is 68.2 cm³/mol. The van der Waals surface area contributed by atoms with Crippen LogP contribution in [0.25, 0.3) is 20.9 Å². The van der Waals surface area contributed by atoms with Crippen molar-refractivity contribution in [1.29, 1.82) is 0 Å². The van der Waals surface area contributed by atoms with Crippen LogP contribution in [0.4, 0.5) is 0 Å². The van der Waals surface area contributed by atoms with Crippen molar-refractivity contribution in [1.82, 2.24) is 9.55 Å². The minimum absolute atomic E-state index is 0.175. The van der Waals surface area contributed by atoms with Crippen LogP contribution < -0.4 is 11.2 Å². The largest absolute Gasteiger partial charge is 0.388 e. The van der Waals surface area contributed by atoms with Crippen molar-refractivity contribution in [2.75, 3.05) is 6.54 Å². The van der Waals surface area contributed by atoms with E-state index in [-0.39, 0.29) is 6.54 Å². The molecule has 0 radical (unpaired) electrons. The number of ether oxygens (including phenoxy) is 1. The Morgan fingerprint density at radius 2 is 2.19 bits per heavy atom. The van der Waals surface area contributed by atoms with E-state index < -0.39 is 35.7 Å². The second-order valence-corrected chi connectivity index (χ2v) is 4.18. The van der Waals surface area contributed by atoms with Gasteiger partial charge in [0, 0.05) is 22.1 Å². The topological polar surface area (TPSA) is 182 Å². The number of aromatic nitrogens is 2. The molecule has 1 aliphatic heterocycles. The van der Waals surface area contributed by atoms with Gasteiger partial charge >= 0.3 is 5.69 Å². The van der Waals surface area contributed by atoms with Gasteiger partial charge in [0.15, 0.2) is 6.23 Å². The number of azide groups is 2. The van der Waals surface area contributed by atoms with Crippen molar-refractivity contribution in [2.24, 2.45) is 10.2 Å². The van der Waals surface area contributed by atoms with Crippen LogP contribution in [0.3, 0.4) is 0 Å². The number of aliphatic hydroxyl groups is 1. The first-order chi connectivity index (χ1) is 10.1. The number of nitrogens with zero attached hydrogens (tertiary/aromatic N) is 7. The molecule has 1 aromatic rings. The van der Waals surface area contributed by atoms with E-state index in [2.05, 4.69) is 20.1 Å². The molecule has 12 heteroatoms. The molecule has 21 heavy (non-hydrogen) atoms. The molecule has 1 saturated heterocycles. The monoisotopic (exact) mass is 294 g/mol. The minimum Gasteiger partial charge on any atom is -0.388 e. The molecular weight excluding hydrogens is 284 g/mol. The predicted octanol–water partition coefficient (Wildman–Crippen LogP) is -0.216. The normalized spacial score (nSPS) is 27.7. The van der Waals surface area contributed by atoms with Crippen LogP contribution in [-0.2, 0) is 4.74 Å². The maximum Gasteiger partial charge on any atom is 0.330 e. The van der Waals surface area contributed by atoms with Gasteiger partial charge in [-0.15, -0.1) is 0 Å². The summed E-state index contributed by atoms with van der Waals surface area (Å²) in [5.41, 5.74) is 15.4. The Bertz CT molecular complexity index is 728. The smallest absolute Gasteiger partial charge is 0.330 e. The van der Waals surface area contributed by atoms with Crippen molar-refractivity contribution in [2.45, 2.75) is 24.5 Å². The number of H-pyrrole nitrogens is 1. The van der Waals surface area contributed by atoms with E-state index in [0.717, 1.165) is 16.8 Å². The fourth-order valence-corrected chi connectivity index (χ4v) is 2.06. The summed E-state index contributed by atoms with van der Waals surface area (Å²) in [6, 6.07) is 0.0604. The Morgan fingerprint density at radius 3 is 2.81 bits per heavy atom. The van der Waals surface area contributed by atoms with Crippen LogP contribution in [0, 0.1) is 0 Å². The molecule has 4 atom stereocenters. The number of hydrogen-bond donors (Lipinski definition) is 2. The molecule has 1 fully saturated rings. The first-order valence-electron chi connectivity index (χ1n) is 5.78. The quantitative estimate of drug-likeness (QED) is 0.442. The fraction of sp³-hybridized carbons (Fsp3) is 0.556. The molecule has 0 saturated carbocycles. The second-order valence-electron chi connectivity index (χ2n) is 4.18. The van der Waals surface area contributed by atoms with Gasteiger partial charge in [-0.3, -0.25) is 14.3 Å². The van der Waals surface area contributed by atoms with Gasteiger partial charge in [-0.2, -0.15) is 0 Å². The maximum absolute atomic E-state index is 11.7. The van der Waals surface area contributed by atoms with Gasteiger partial charge in [0.1, 0.15) is 6.10 Å². The Kier molecular flexibility index (Phi) is 4.26. The Hall–Kier alpha value is -2.78. The zero-order chi connectivity index (χ0) is 15.4. The van der Waals surface area contributed by atoms with Crippen LogP contribution in [0.1, 0.15) is 6.23 Å². The first kappa shape index (κ1) is 14.6. The van der Waals surface area contributed by atoms with Crippen LogP contribution in [0.5, 0.6) is 0 Å². The maximum atomic E-state index is 11.7. The number of aliphatic hydroxyl groups excluding tert-OH is 1. The zero-order valence-corrected chi connectivity index (χ0v) is 10.5. The summed E-state index contributed by atoms with van der Waals surface area (Å²) < 4.78 is 6.37. The van der Waals surface area contributed by atoms with Crippen LogP contribution in [0.2, 0.25) is 0 Å². The standard InChI is InChI=1S/C9H10N8O4/c10-15-12-3-4-6(14-16-11)7(19)8(21-4)17-2-1-5(18)13-9(17)20/h1-2,4,6-8,19H,3H2,(H,13,18,20)/t4-,6-,7-,8-/m1/s1. The first-order valence-corrected chi connectivity index (χ1v) is 5.78. The second kappa shape index (κ2) is 6.11. The molecule has 0 aliphatic carbocycles. The molecular formula is C9H10N8O4. The SMILES string of the molecule is [N-]=[N+]=NC[C@H]1O[C@@H](n2ccc(=O)[nH]c2=O)[C@H](O)[C@@H]1N=[N+]=[N-]. The van der Waals surface area contributed by atoms with Gasteiger partial charge in [-0.1, -0.05) is 10.2 Å². The van der Waals surface area contributed by atoms with E-state index in [1.165, 1.54) is 0 Å². The molecule has 1 aromatic heterocycles. The molecule has 0 amide bonds. The van der Waals surface area contributed by atoms with Crippen LogP contribution in [0.15, 0.2) is 32.1 Å². The third-order valence-corrected chi connectivity index (χ3v) is 2.97. The lowest BCUT2D eigenvalue weighted by atomic mass is 10.1. The summed E-state index contributed by atoms with van der Waals surface area (Å²) in [5.74, 6) is 0.